The van der Waals surface area contributed by atoms with E-state index in [2.05, 4.69) is 20.4 Å². The van der Waals surface area contributed by atoms with Crippen molar-refractivity contribution in [3.63, 3.8) is 0 Å². The number of hydrogen-bond donors (Lipinski definition) is 2. The molecule has 1 aliphatic rings. The molecule has 0 spiro atoms. The third-order valence-corrected chi connectivity index (χ3v) is 3.93. The van der Waals surface area contributed by atoms with Crippen LogP contribution in [0.1, 0.15) is 33.9 Å². The van der Waals surface area contributed by atoms with Gasteiger partial charge in [0.2, 0.25) is 0 Å². The van der Waals surface area contributed by atoms with E-state index >= 15 is 0 Å². The highest BCUT2D eigenvalue weighted by Gasteiger charge is 2.24. The fraction of sp³-hybridized carbons (Fsp3) is 0.467. The minimum Gasteiger partial charge on any atom is -0.469 e. The second-order valence-corrected chi connectivity index (χ2v) is 5.32. The van der Waals surface area contributed by atoms with Crippen LogP contribution in [0.4, 0.5) is 0 Å². The average Bonchev–Trinajstić information content (AvgIpc) is 3.15. The third-order valence-electron chi connectivity index (χ3n) is 3.93. The number of aryl methyl sites for hydroxylation is 1. The number of amides is 1. The zero-order valence-electron chi connectivity index (χ0n) is 12.2. The number of rotatable bonds is 5. The Morgan fingerprint density at radius 3 is 3.24 bits per heavy atom. The molecule has 0 aliphatic carbocycles. The van der Waals surface area contributed by atoms with Crippen molar-refractivity contribution in [3.05, 3.63) is 41.1 Å². The van der Waals surface area contributed by atoms with Gasteiger partial charge in [-0.2, -0.15) is 5.10 Å². The molecule has 1 amide bonds. The van der Waals surface area contributed by atoms with Gasteiger partial charge in [0.05, 0.1) is 6.26 Å². The van der Waals surface area contributed by atoms with E-state index in [1.807, 2.05) is 12.1 Å². The van der Waals surface area contributed by atoms with Crippen LogP contribution < -0.4 is 5.32 Å². The summed E-state index contributed by atoms with van der Waals surface area (Å²) in [4.78, 5) is 14.2. The maximum atomic E-state index is 11.8. The molecule has 0 atom stereocenters. The van der Waals surface area contributed by atoms with Crippen molar-refractivity contribution >= 4 is 5.91 Å². The van der Waals surface area contributed by atoms with Crippen LogP contribution in [0.3, 0.4) is 0 Å². The molecule has 0 saturated carbocycles. The van der Waals surface area contributed by atoms with Gasteiger partial charge >= 0.3 is 0 Å². The fourth-order valence-electron chi connectivity index (χ4n) is 2.78. The van der Waals surface area contributed by atoms with Crippen LogP contribution in [0, 0.1) is 0 Å². The topological polar surface area (TPSA) is 74.2 Å². The van der Waals surface area contributed by atoms with E-state index in [0.29, 0.717) is 5.69 Å². The van der Waals surface area contributed by atoms with Gasteiger partial charge in [-0.1, -0.05) is 0 Å². The fourth-order valence-corrected chi connectivity index (χ4v) is 2.78. The van der Waals surface area contributed by atoms with Crippen molar-refractivity contribution in [2.75, 3.05) is 20.1 Å². The lowest BCUT2D eigenvalue weighted by Gasteiger charge is -2.26. The normalized spacial score (nSPS) is 14.9. The Morgan fingerprint density at radius 2 is 2.48 bits per heavy atom. The monoisotopic (exact) mass is 288 g/mol. The van der Waals surface area contributed by atoms with Gasteiger partial charge in [0.15, 0.2) is 5.69 Å². The molecule has 0 saturated heterocycles. The maximum absolute atomic E-state index is 11.8. The third kappa shape index (κ3) is 3.00. The highest BCUT2D eigenvalue weighted by Crippen LogP contribution is 2.20. The number of carbonyl (C=O) groups excluding carboxylic acids is 1. The first-order valence-corrected chi connectivity index (χ1v) is 7.31. The molecular weight excluding hydrogens is 268 g/mol. The van der Waals surface area contributed by atoms with Crippen molar-refractivity contribution in [1.29, 1.82) is 0 Å². The number of hydrogen-bond acceptors (Lipinski definition) is 4. The van der Waals surface area contributed by atoms with E-state index in [-0.39, 0.29) is 5.91 Å². The van der Waals surface area contributed by atoms with Crippen LogP contribution in [0.25, 0.3) is 0 Å². The van der Waals surface area contributed by atoms with Gasteiger partial charge in [0, 0.05) is 44.2 Å². The molecule has 6 heteroatoms. The number of nitrogens with zero attached hydrogens (tertiary/aromatic N) is 2. The standard InChI is InChI=1S/C15H20N4O2/c1-16-15(20)14-12-10-19(8-6-13(12)17-18-14)7-2-4-11-5-3-9-21-11/h3,5,9H,2,4,6-8,10H2,1H3,(H,16,20)(H,17,18). The number of carbonyl (C=O) groups is 1. The second-order valence-electron chi connectivity index (χ2n) is 5.32. The molecule has 3 rings (SSSR count). The predicted molar refractivity (Wildman–Crippen MR) is 78.0 cm³/mol. The largest absolute Gasteiger partial charge is 0.469 e. The molecule has 3 heterocycles. The molecule has 1 aliphatic heterocycles. The minimum absolute atomic E-state index is 0.120. The van der Waals surface area contributed by atoms with Crippen molar-refractivity contribution in [2.45, 2.75) is 25.8 Å². The van der Waals surface area contributed by atoms with Crippen LogP contribution in [-0.4, -0.2) is 41.1 Å². The molecule has 0 fully saturated rings. The molecule has 2 aromatic rings. The lowest BCUT2D eigenvalue weighted by atomic mass is 10.0. The van der Waals surface area contributed by atoms with Crippen LogP contribution in [0.2, 0.25) is 0 Å². The Hall–Kier alpha value is -2.08. The summed E-state index contributed by atoms with van der Waals surface area (Å²) in [6, 6.07) is 3.93. The molecule has 21 heavy (non-hydrogen) atoms. The summed E-state index contributed by atoms with van der Waals surface area (Å²) in [5, 5.41) is 9.77. The summed E-state index contributed by atoms with van der Waals surface area (Å²) in [7, 11) is 1.63. The first-order chi connectivity index (χ1) is 10.3. The van der Waals surface area contributed by atoms with E-state index in [0.717, 1.165) is 55.9 Å². The van der Waals surface area contributed by atoms with Gasteiger partial charge in [-0.3, -0.25) is 14.8 Å². The van der Waals surface area contributed by atoms with Gasteiger partial charge in [0.1, 0.15) is 5.76 Å². The van der Waals surface area contributed by atoms with Gasteiger partial charge in [0.25, 0.3) is 5.91 Å². The Balaban J connectivity index is 1.58. The summed E-state index contributed by atoms with van der Waals surface area (Å²) < 4.78 is 5.35. The van der Waals surface area contributed by atoms with Gasteiger partial charge in [-0.25, -0.2) is 0 Å². The van der Waals surface area contributed by atoms with Crippen molar-refractivity contribution in [3.8, 4) is 0 Å². The molecule has 2 N–H and O–H groups in total. The van der Waals surface area contributed by atoms with Crippen LogP contribution >= 0.6 is 0 Å². The van der Waals surface area contributed by atoms with E-state index in [9.17, 15) is 4.79 Å². The quantitative estimate of drug-likeness (QED) is 0.871. The van der Waals surface area contributed by atoms with Gasteiger partial charge in [-0.05, 0) is 25.1 Å². The summed E-state index contributed by atoms with van der Waals surface area (Å²) >= 11 is 0. The van der Waals surface area contributed by atoms with Crippen molar-refractivity contribution < 1.29 is 9.21 Å². The number of fused-ring (bicyclic) bond motifs is 1. The smallest absolute Gasteiger partial charge is 0.271 e. The Morgan fingerprint density at radius 1 is 1.57 bits per heavy atom. The lowest BCUT2D eigenvalue weighted by molar-refractivity contribution is 0.0955. The van der Waals surface area contributed by atoms with E-state index in [1.165, 1.54) is 0 Å². The summed E-state index contributed by atoms with van der Waals surface area (Å²) in [5.41, 5.74) is 2.66. The molecule has 2 aromatic heterocycles. The predicted octanol–water partition coefficient (Wildman–Crippen LogP) is 1.35. The number of nitrogens with one attached hydrogen (secondary N) is 2. The van der Waals surface area contributed by atoms with Crippen molar-refractivity contribution in [1.82, 2.24) is 20.4 Å². The maximum Gasteiger partial charge on any atom is 0.271 e. The number of H-pyrrole nitrogens is 1. The van der Waals surface area contributed by atoms with Crippen LogP contribution in [0.15, 0.2) is 22.8 Å². The molecule has 6 nitrogen and oxygen atoms in total. The Bertz CT molecular complexity index is 603. The average molecular weight is 288 g/mol. The summed E-state index contributed by atoms with van der Waals surface area (Å²) in [6.07, 6.45) is 4.63. The SMILES string of the molecule is CNC(=O)c1n[nH]c2c1CN(CCCc1ccco1)CC2. The first kappa shape index (κ1) is 13.9. The summed E-state index contributed by atoms with van der Waals surface area (Å²) in [5.74, 6) is 0.909. The van der Waals surface area contributed by atoms with Crippen LogP contribution in [0.5, 0.6) is 0 Å². The highest BCUT2D eigenvalue weighted by atomic mass is 16.3. The van der Waals surface area contributed by atoms with Gasteiger partial charge < -0.3 is 9.73 Å². The molecule has 0 aromatic carbocycles. The number of furan rings is 1. The first-order valence-electron chi connectivity index (χ1n) is 7.31. The van der Waals surface area contributed by atoms with Crippen molar-refractivity contribution in [2.24, 2.45) is 0 Å². The lowest BCUT2D eigenvalue weighted by Crippen LogP contribution is -2.32. The highest BCUT2D eigenvalue weighted by molar-refractivity contribution is 5.93. The zero-order chi connectivity index (χ0) is 14.7. The minimum atomic E-state index is -0.120. The summed E-state index contributed by atoms with van der Waals surface area (Å²) in [6.45, 7) is 2.78. The molecule has 0 radical (unpaired) electrons. The molecule has 112 valence electrons. The van der Waals surface area contributed by atoms with Gasteiger partial charge in [-0.15, -0.1) is 0 Å². The van der Waals surface area contributed by atoms with Crippen LogP contribution in [-0.2, 0) is 19.4 Å². The Labute approximate surface area is 123 Å². The molecule has 0 bridgehead atoms. The zero-order valence-corrected chi connectivity index (χ0v) is 12.2. The number of aromatic nitrogens is 2. The Kier molecular flexibility index (Phi) is 4.06. The van der Waals surface area contributed by atoms with E-state index in [4.69, 9.17) is 4.42 Å². The number of aromatic amines is 1. The molecule has 0 unspecified atom stereocenters. The molecular formula is C15H20N4O2. The van der Waals surface area contributed by atoms with E-state index in [1.54, 1.807) is 13.3 Å². The van der Waals surface area contributed by atoms with E-state index < -0.39 is 0 Å². The second kappa shape index (κ2) is 6.13.